The average Bonchev–Trinajstić information content (AvgIpc) is 2.41. The fourth-order valence-corrected chi connectivity index (χ4v) is 1.95. The molecule has 0 spiro atoms. The number of carbonyl (C=O) groups is 1. The Bertz CT molecular complexity index is 527. The van der Waals surface area contributed by atoms with Crippen LogP contribution in [0, 0.1) is 5.82 Å². The van der Waals surface area contributed by atoms with E-state index in [2.05, 4.69) is 10.6 Å². The number of carbonyl (C=O) groups excluding carboxylic acids is 1. The lowest BCUT2D eigenvalue weighted by molar-refractivity contribution is -0.109. The summed E-state index contributed by atoms with van der Waals surface area (Å²) in [4.78, 5) is 11.8. The number of rotatable bonds is 6. The number of halogens is 1. The molecule has 2 N–H and O–H groups in total. The SMILES string of the molecule is COC(OC)C(C)Nc1cc(NC(=O)OC(C)(C)C)ccc1F. The molecule has 1 aromatic rings. The molecular formula is C16H25FN2O4. The van der Waals surface area contributed by atoms with E-state index in [0.717, 1.165) is 0 Å². The van der Waals surface area contributed by atoms with Crippen molar-refractivity contribution in [2.75, 3.05) is 24.9 Å². The quantitative estimate of drug-likeness (QED) is 0.781. The zero-order valence-corrected chi connectivity index (χ0v) is 14.4. The second-order valence-electron chi connectivity index (χ2n) is 6.09. The lowest BCUT2D eigenvalue weighted by atomic mass is 10.2. The molecule has 7 heteroatoms. The Labute approximate surface area is 136 Å². The summed E-state index contributed by atoms with van der Waals surface area (Å²) in [5, 5.41) is 5.52. The minimum absolute atomic E-state index is 0.227. The van der Waals surface area contributed by atoms with Crippen LogP contribution in [0.15, 0.2) is 18.2 Å². The van der Waals surface area contributed by atoms with Crippen molar-refractivity contribution in [3.05, 3.63) is 24.0 Å². The molecule has 1 atom stereocenters. The maximum Gasteiger partial charge on any atom is 0.412 e. The van der Waals surface area contributed by atoms with E-state index in [0.29, 0.717) is 5.69 Å². The Morgan fingerprint density at radius 3 is 2.35 bits per heavy atom. The first-order valence-corrected chi connectivity index (χ1v) is 7.28. The van der Waals surface area contributed by atoms with Crippen molar-refractivity contribution < 1.29 is 23.4 Å². The predicted octanol–water partition coefficient (Wildman–Crippen LogP) is 3.59. The van der Waals surface area contributed by atoms with Gasteiger partial charge in [-0.25, -0.2) is 9.18 Å². The number of hydrogen-bond donors (Lipinski definition) is 2. The zero-order chi connectivity index (χ0) is 17.6. The van der Waals surface area contributed by atoms with Gasteiger partial charge in [0.2, 0.25) is 0 Å². The average molecular weight is 328 g/mol. The number of methoxy groups -OCH3 is 2. The van der Waals surface area contributed by atoms with Crippen LogP contribution in [0.2, 0.25) is 0 Å². The van der Waals surface area contributed by atoms with Gasteiger partial charge in [0.05, 0.1) is 11.7 Å². The predicted molar refractivity (Wildman–Crippen MR) is 87.1 cm³/mol. The highest BCUT2D eigenvalue weighted by Crippen LogP contribution is 2.22. The van der Waals surface area contributed by atoms with Crippen molar-refractivity contribution in [3.63, 3.8) is 0 Å². The lowest BCUT2D eigenvalue weighted by Gasteiger charge is -2.24. The molecular weight excluding hydrogens is 303 g/mol. The van der Waals surface area contributed by atoms with Crippen LogP contribution in [0.3, 0.4) is 0 Å². The number of ether oxygens (including phenoxy) is 3. The largest absolute Gasteiger partial charge is 0.444 e. The first-order chi connectivity index (χ1) is 10.7. The molecule has 0 aliphatic heterocycles. The first-order valence-electron chi connectivity index (χ1n) is 7.28. The van der Waals surface area contributed by atoms with Crippen LogP contribution in [0.5, 0.6) is 0 Å². The van der Waals surface area contributed by atoms with Gasteiger partial charge in [-0.2, -0.15) is 0 Å². The molecule has 0 aromatic heterocycles. The van der Waals surface area contributed by atoms with Crippen LogP contribution >= 0.6 is 0 Å². The number of benzene rings is 1. The van der Waals surface area contributed by atoms with Gasteiger partial charge in [0.25, 0.3) is 0 Å². The van der Waals surface area contributed by atoms with Crippen molar-refractivity contribution in [2.45, 2.75) is 45.6 Å². The number of amides is 1. The second kappa shape index (κ2) is 8.12. The maximum atomic E-state index is 13.9. The summed E-state index contributed by atoms with van der Waals surface area (Å²) in [6.45, 7) is 7.09. The van der Waals surface area contributed by atoms with Crippen LogP contribution in [-0.4, -0.2) is 38.2 Å². The highest BCUT2D eigenvalue weighted by molar-refractivity contribution is 5.85. The monoisotopic (exact) mass is 328 g/mol. The first kappa shape index (κ1) is 19.2. The molecule has 1 rings (SSSR count). The van der Waals surface area contributed by atoms with E-state index in [4.69, 9.17) is 14.2 Å². The number of nitrogens with one attached hydrogen (secondary N) is 2. The van der Waals surface area contributed by atoms with E-state index in [-0.39, 0.29) is 11.7 Å². The molecule has 0 fully saturated rings. The molecule has 0 aliphatic rings. The molecule has 130 valence electrons. The van der Waals surface area contributed by atoms with Crippen LogP contribution in [-0.2, 0) is 14.2 Å². The zero-order valence-electron chi connectivity index (χ0n) is 14.4. The molecule has 0 saturated heterocycles. The summed E-state index contributed by atoms with van der Waals surface area (Å²) in [6.07, 6.45) is -1.13. The van der Waals surface area contributed by atoms with Crippen molar-refractivity contribution in [1.82, 2.24) is 0 Å². The van der Waals surface area contributed by atoms with Crippen molar-refractivity contribution in [1.29, 1.82) is 0 Å². The van der Waals surface area contributed by atoms with Gasteiger partial charge in [-0.05, 0) is 45.9 Å². The van der Waals surface area contributed by atoms with Crippen LogP contribution in [0.1, 0.15) is 27.7 Å². The summed E-state index contributed by atoms with van der Waals surface area (Å²) in [5.41, 5.74) is 0.0380. The fourth-order valence-electron chi connectivity index (χ4n) is 1.95. The van der Waals surface area contributed by atoms with E-state index in [1.807, 2.05) is 0 Å². The van der Waals surface area contributed by atoms with Gasteiger partial charge >= 0.3 is 6.09 Å². The third-order valence-electron chi connectivity index (χ3n) is 2.87. The molecule has 6 nitrogen and oxygen atoms in total. The van der Waals surface area contributed by atoms with E-state index in [1.165, 1.54) is 32.4 Å². The summed E-state index contributed by atoms with van der Waals surface area (Å²) in [5.74, 6) is -0.447. The molecule has 0 aliphatic carbocycles. The van der Waals surface area contributed by atoms with Crippen molar-refractivity contribution in [3.8, 4) is 0 Å². The third-order valence-corrected chi connectivity index (χ3v) is 2.87. The van der Waals surface area contributed by atoms with Crippen molar-refractivity contribution >= 4 is 17.5 Å². The highest BCUT2D eigenvalue weighted by atomic mass is 19.1. The van der Waals surface area contributed by atoms with Gasteiger partial charge in [-0.15, -0.1) is 0 Å². The van der Waals surface area contributed by atoms with Gasteiger partial charge in [0.1, 0.15) is 11.4 Å². The summed E-state index contributed by atoms with van der Waals surface area (Å²) in [7, 11) is 3.01. The Morgan fingerprint density at radius 1 is 1.22 bits per heavy atom. The molecule has 1 amide bonds. The molecule has 0 heterocycles. The molecule has 23 heavy (non-hydrogen) atoms. The third kappa shape index (κ3) is 6.42. The number of hydrogen-bond acceptors (Lipinski definition) is 5. The van der Waals surface area contributed by atoms with Gasteiger partial charge in [-0.3, -0.25) is 5.32 Å². The van der Waals surface area contributed by atoms with Crippen molar-refractivity contribution in [2.24, 2.45) is 0 Å². The minimum Gasteiger partial charge on any atom is -0.444 e. The van der Waals surface area contributed by atoms with Crippen LogP contribution in [0.25, 0.3) is 0 Å². The van der Waals surface area contributed by atoms with Crippen LogP contribution < -0.4 is 10.6 Å². The minimum atomic E-state index is -0.607. The summed E-state index contributed by atoms with van der Waals surface area (Å²) in [6, 6.07) is 3.91. The van der Waals surface area contributed by atoms with Gasteiger partial charge < -0.3 is 19.5 Å². The normalized spacial score (nSPS) is 12.9. The summed E-state index contributed by atoms with van der Waals surface area (Å²) >= 11 is 0. The highest BCUT2D eigenvalue weighted by Gasteiger charge is 2.19. The lowest BCUT2D eigenvalue weighted by Crippen LogP contribution is -2.34. The Morgan fingerprint density at radius 2 is 1.83 bits per heavy atom. The van der Waals surface area contributed by atoms with Gasteiger partial charge in [0.15, 0.2) is 6.29 Å². The van der Waals surface area contributed by atoms with E-state index in [9.17, 15) is 9.18 Å². The molecule has 0 radical (unpaired) electrons. The summed E-state index contributed by atoms with van der Waals surface area (Å²) < 4.78 is 29.3. The van der Waals surface area contributed by atoms with Gasteiger partial charge in [0, 0.05) is 19.9 Å². The van der Waals surface area contributed by atoms with E-state index < -0.39 is 23.8 Å². The molecule has 1 aromatic carbocycles. The number of anilines is 2. The topological polar surface area (TPSA) is 68.8 Å². The maximum absolute atomic E-state index is 13.9. The Kier molecular flexibility index (Phi) is 6.78. The van der Waals surface area contributed by atoms with Crippen LogP contribution in [0.4, 0.5) is 20.6 Å². The molecule has 0 bridgehead atoms. The Balaban J connectivity index is 2.81. The van der Waals surface area contributed by atoms with E-state index >= 15 is 0 Å². The molecule has 1 unspecified atom stereocenters. The van der Waals surface area contributed by atoms with E-state index in [1.54, 1.807) is 27.7 Å². The fraction of sp³-hybridized carbons (Fsp3) is 0.562. The second-order valence-corrected chi connectivity index (χ2v) is 6.09. The van der Waals surface area contributed by atoms with Gasteiger partial charge in [-0.1, -0.05) is 0 Å². The standard InChI is InChI=1S/C16H25FN2O4/c1-10(14(21-5)22-6)18-13-9-11(7-8-12(13)17)19-15(20)23-16(2,3)4/h7-10,14,18H,1-6H3,(H,19,20). The molecule has 0 saturated carbocycles. The Hall–Kier alpha value is -1.86. The smallest absolute Gasteiger partial charge is 0.412 e.